The van der Waals surface area contributed by atoms with Crippen LogP contribution in [0.3, 0.4) is 0 Å². The van der Waals surface area contributed by atoms with Gasteiger partial charge in [-0.2, -0.15) is 0 Å². The molecule has 2 aromatic heterocycles. The first-order valence-corrected chi connectivity index (χ1v) is 6.94. The van der Waals surface area contributed by atoms with Gasteiger partial charge in [-0.1, -0.05) is 23.4 Å². The van der Waals surface area contributed by atoms with Gasteiger partial charge in [0.25, 0.3) is 0 Å². The molecular formula is C11H11ClN4O3S. The third-order valence-electron chi connectivity index (χ3n) is 2.59. The quantitative estimate of drug-likeness (QED) is 0.805. The summed E-state index contributed by atoms with van der Waals surface area (Å²) in [7, 11) is 0. The Morgan fingerprint density at radius 2 is 2.30 bits per heavy atom. The molecule has 1 amide bonds. The van der Waals surface area contributed by atoms with Crippen LogP contribution in [0.5, 0.6) is 0 Å². The van der Waals surface area contributed by atoms with Crippen molar-refractivity contribution in [3.63, 3.8) is 0 Å². The maximum Gasteiger partial charge on any atom is 0.313 e. The average Bonchev–Trinajstić information content (AvgIpc) is 2.72. The highest BCUT2D eigenvalue weighted by molar-refractivity contribution is 7.99. The normalized spacial score (nSPS) is 12.5. The van der Waals surface area contributed by atoms with Crippen molar-refractivity contribution in [1.82, 2.24) is 14.5 Å². The standard InChI is InChI=1S/C11H11ClN4O3S/c1-5(9(13)19)16-10-7(2-6(12)3-14-10)15-11(16)20-4-8(17)18/h2-3,5H,4H2,1H3,(H2,13,19)(H,17,18). The molecule has 0 saturated carbocycles. The summed E-state index contributed by atoms with van der Waals surface area (Å²) in [6.07, 6.45) is 1.43. The first kappa shape index (κ1) is 14.6. The number of rotatable bonds is 5. The van der Waals surface area contributed by atoms with E-state index in [1.807, 2.05) is 0 Å². The lowest BCUT2D eigenvalue weighted by Gasteiger charge is -2.12. The molecule has 0 aliphatic carbocycles. The summed E-state index contributed by atoms with van der Waals surface area (Å²) in [6, 6.07) is 0.906. The molecule has 2 rings (SSSR count). The van der Waals surface area contributed by atoms with Crippen molar-refractivity contribution in [2.45, 2.75) is 18.1 Å². The smallest absolute Gasteiger partial charge is 0.313 e. The van der Waals surface area contributed by atoms with Gasteiger partial charge in [0.2, 0.25) is 5.91 Å². The van der Waals surface area contributed by atoms with Crippen molar-refractivity contribution in [3.05, 3.63) is 17.3 Å². The summed E-state index contributed by atoms with van der Waals surface area (Å²) in [5, 5.41) is 9.52. The molecule has 0 spiro atoms. The molecule has 20 heavy (non-hydrogen) atoms. The summed E-state index contributed by atoms with van der Waals surface area (Å²) >= 11 is 6.84. The Hall–Kier alpha value is -1.80. The van der Waals surface area contributed by atoms with Crippen molar-refractivity contribution in [3.8, 4) is 0 Å². The van der Waals surface area contributed by atoms with E-state index in [-0.39, 0.29) is 5.75 Å². The topological polar surface area (TPSA) is 111 Å². The Labute approximate surface area is 123 Å². The van der Waals surface area contributed by atoms with Crippen LogP contribution in [0.15, 0.2) is 17.4 Å². The molecule has 106 valence electrons. The molecule has 1 unspecified atom stereocenters. The number of aliphatic carboxylic acids is 1. The van der Waals surface area contributed by atoms with Crippen LogP contribution in [0, 0.1) is 0 Å². The van der Waals surface area contributed by atoms with Gasteiger partial charge in [0.15, 0.2) is 10.8 Å². The van der Waals surface area contributed by atoms with E-state index in [4.69, 9.17) is 22.4 Å². The summed E-state index contributed by atoms with van der Waals surface area (Å²) in [5.74, 6) is -1.72. The Balaban J connectivity index is 2.56. The lowest BCUT2D eigenvalue weighted by molar-refractivity contribution is -0.133. The average molecular weight is 315 g/mol. The number of fused-ring (bicyclic) bond motifs is 1. The first-order valence-electron chi connectivity index (χ1n) is 5.57. The largest absolute Gasteiger partial charge is 0.481 e. The Kier molecular flexibility index (Phi) is 4.15. The number of carboxylic acid groups (broad SMARTS) is 1. The van der Waals surface area contributed by atoms with E-state index in [2.05, 4.69) is 9.97 Å². The monoisotopic (exact) mass is 314 g/mol. The van der Waals surface area contributed by atoms with E-state index in [0.29, 0.717) is 21.3 Å². The molecule has 0 saturated heterocycles. The molecule has 3 N–H and O–H groups in total. The lowest BCUT2D eigenvalue weighted by atomic mass is 10.3. The number of halogens is 1. The molecule has 0 aliphatic heterocycles. The van der Waals surface area contributed by atoms with Crippen molar-refractivity contribution in [2.24, 2.45) is 5.73 Å². The number of carbonyl (C=O) groups is 2. The number of nitrogens with zero attached hydrogens (tertiary/aromatic N) is 3. The van der Waals surface area contributed by atoms with E-state index in [1.54, 1.807) is 13.0 Å². The van der Waals surface area contributed by atoms with E-state index >= 15 is 0 Å². The summed E-state index contributed by atoms with van der Waals surface area (Å²) in [4.78, 5) is 30.5. The fraction of sp³-hybridized carbons (Fsp3) is 0.273. The molecule has 0 radical (unpaired) electrons. The van der Waals surface area contributed by atoms with Gasteiger partial charge in [-0.3, -0.25) is 14.2 Å². The van der Waals surface area contributed by atoms with Crippen molar-refractivity contribution in [1.29, 1.82) is 0 Å². The predicted octanol–water partition coefficient (Wildman–Crippen LogP) is 1.31. The maximum absolute atomic E-state index is 11.4. The van der Waals surface area contributed by atoms with Gasteiger partial charge < -0.3 is 10.8 Å². The van der Waals surface area contributed by atoms with E-state index in [9.17, 15) is 9.59 Å². The zero-order valence-electron chi connectivity index (χ0n) is 10.4. The Bertz CT molecular complexity index is 688. The number of primary amides is 1. The van der Waals surface area contributed by atoms with Crippen LogP contribution in [0.2, 0.25) is 5.02 Å². The SMILES string of the molecule is CC(C(N)=O)n1c(SCC(=O)O)nc2cc(Cl)cnc21. The number of pyridine rings is 1. The van der Waals surface area contributed by atoms with Crippen molar-refractivity contribution in [2.75, 3.05) is 5.75 Å². The van der Waals surface area contributed by atoms with Gasteiger partial charge in [-0.15, -0.1) is 0 Å². The van der Waals surface area contributed by atoms with Gasteiger partial charge in [-0.25, -0.2) is 9.97 Å². The number of aromatic nitrogens is 3. The highest BCUT2D eigenvalue weighted by Gasteiger charge is 2.21. The number of amides is 1. The van der Waals surface area contributed by atoms with Crippen LogP contribution < -0.4 is 5.73 Å². The molecule has 0 aliphatic rings. The maximum atomic E-state index is 11.4. The fourth-order valence-electron chi connectivity index (χ4n) is 1.64. The number of hydrogen-bond acceptors (Lipinski definition) is 5. The van der Waals surface area contributed by atoms with Gasteiger partial charge in [0.05, 0.1) is 10.8 Å². The zero-order chi connectivity index (χ0) is 14.9. The molecule has 2 heterocycles. The second-order valence-corrected chi connectivity index (χ2v) is 5.40. The number of imidazole rings is 1. The minimum atomic E-state index is -0.980. The number of carbonyl (C=O) groups excluding carboxylic acids is 1. The van der Waals surface area contributed by atoms with Crippen LogP contribution in [-0.2, 0) is 9.59 Å². The Morgan fingerprint density at radius 3 is 2.90 bits per heavy atom. The summed E-state index contributed by atoms with van der Waals surface area (Å²) in [5.41, 5.74) is 6.23. The van der Waals surface area contributed by atoms with Crippen molar-refractivity contribution >= 4 is 46.4 Å². The summed E-state index contributed by atoms with van der Waals surface area (Å²) in [6.45, 7) is 1.60. The van der Waals surface area contributed by atoms with Crippen LogP contribution in [-0.4, -0.2) is 37.3 Å². The molecule has 1 atom stereocenters. The minimum absolute atomic E-state index is 0.178. The predicted molar refractivity (Wildman–Crippen MR) is 74.8 cm³/mol. The fourth-order valence-corrected chi connectivity index (χ4v) is 2.59. The van der Waals surface area contributed by atoms with Crippen LogP contribution in [0.25, 0.3) is 11.2 Å². The van der Waals surface area contributed by atoms with E-state index in [1.165, 1.54) is 10.8 Å². The zero-order valence-corrected chi connectivity index (χ0v) is 12.0. The summed E-state index contributed by atoms with van der Waals surface area (Å²) < 4.78 is 1.52. The van der Waals surface area contributed by atoms with Crippen LogP contribution >= 0.6 is 23.4 Å². The highest BCUT2D eigenvalue weighted by Crippen LogP contribution is 2.27. The second kappa shape index (κ2) is 5.68. The second-order valence-electron chi connectivity index (χ2n) is 4.02. The van der Waals surface area contributed by atoms with Crippen LogP contribution in [0.1, 0.15) is 13.0 Å². The number of hydrogen-bond donors (Lipinski definition) is 2. The third-order valence-corrected chi connectivity index (χ3v) is 3.73. The van der Waals surface area contributed by atoms with Gasteiger partial charge in [-0.05, 0) is 13.0 Å². The molecular weight excluding hydrogens is 304 g/mol. The van der Waals surface area contributed by atoms with E-state index < -0.39 is 17.9 Å². The molecule has 0 aromatic carbocycles. The molecule has 0 fully saturated rings. The number of nitrogens with two attached hydrogens (primary N) is 1. The minimum Gasteiger partial charge on any atom is -0.481 e. The van der Waals surface area contributed by atoms with Crippen molar-refractivity contribution < 1.29 is 14.7 Å². The molecule has 2 aromatic rings. The third kappa shape index (κ3) is 2.86. The molecule has 7 nitrogen and oxygen atoms in total. The van der Waals surface area contributed by atoms with Crippen LogP contribution in [0.4, 0.5) is 0 Å². The van der Waals surface area contributed by atoms with E-state index in [0.717, 1.165) is 11.8 Å². The number of thioether (sulfide) groups is 1. The molecule has 0 bridgehead atoms. The lowest BCUT2D eigenvalue weighted by Crippen LogP contribution is -2.24. The first-order chi connectivity index (χ1) is 9.40. The number of carboxylic acids is 1. The highest BCUT2D eigenvalue weighted by atomic mass is 35.5. The molecule has 9 heteroatoms. The van der Waals surface area contributed by atoms with Gasteiger partial charge >= 0.3 is 5.97 Å². The Morgan fingerprint density at radius 1 is 1.60 bits per heavy atom. The van der Waals surface area contributed by atoms with Gasteiger partial charge in [0, 0.05) is 6.20 Å². The van der Waals surface area contributed by atoms with Gasteiger partial charge in [0.1, 0.15) is 11.6 Å².